The molecule has 0 aromatic carbocycles. The van der Waals surface area contributed by atoms with Gasteiger partial charge >= 0.3 is 0 Å². The first-order valence-electron chi connectivity index (χ1n) is 4.63. The molecule has 0 saturated heterocycles. The molecule has 5 heteroatoms. The number of thioether (sulfide) groups is 1. The Labute approximate surface area is 102 Å². The van der Waals surface area contributed by atoms with E-state index in [1.165, 1.54) is 10.3 Å². The quantitative estimate of drug-likeness (QED) is 0.477. The summed E-state index contributed by atoms with van der Waals surface area (Å²) >= 11 is 9.22. The molecule has 15 heavy (non-hydrogen) atoms. The second kappa shape index (κ2) is 4.68. The zero-order chi connectivity index (χ0) is 10.8. The Balaban J connectivity index is 2.43. The van der Waals surface area contributed by atoms with Gasteiger partial charge in [0.05, 0.1) is 10.2 Å². The van der Waals surface area contributed by atoms with E-state index in [-0.39, 0.29) is 0 Å². The van der Waals surface area contributed by atoms with E-state index >= 15 is 0 Å². The van der Waals surface area contributed by atoms with Crippen LogP contribution in [0, 0.1) is 6.92 Å². The molecule has 2 aromatic rings. The average Bonchev–Trinajstić information content (AvgIpc) is 2.62. The van der Waals surface area contributed by atoms with Crippen LogP contribution in [-0.2, 0) is 0 Å². The van der Waals surface area contributed by atoms with Crippen molar-refractivity contribution in [3.05, 3.63) is 17.3 Å². The average molecular weight is 259 g/mol. The standard InChI is InChI=1S/C10H11ClN2S2/c1-6-4-14-9-8(6)12-5-13-10(9)15-7(2)3-11/h4-5,7H,3H2,1-2H3. The van der Waals surface area contributed by atoms with Gasteiger partial charge in [-0.25, -0.2) is 9.97 Å². The molecule has 0 aliphatic carbocycles. The minimum Gasteiger partial charge on any atom is -0.235 e. The molecule has 1 atom stereocenters. The fraction of sp³-hybridized carbons (Fsp3) is 0.400. The lowest BCUT2D eigenvalue weighted by atomic mass is 10.3. The first-order chi connectivity index (χ1) is 7.22. The maximum absolute atomic E-state index is 5.80. The van der Waals surface area contributed by atoms with E-state index < -0.39 is 0 Å². The molecule has 0 radical (unpaired) electrons. The first kappa shape index (κ1) is 11.2. The predicted octanol–water partition coefficient (Wildman–Crippen LogP) is 3.72. The van der Waals surface area contributed by atoms with Crippen LogP contribution in [0.5, 0.6) is 0 Å². The normalized spacial score (nSPS) is 13.3. The number of alkyl halides is 1. The van der Waals surface area contributed by atoms with Gasteiger partial charge < -0.3 is 0 Å². The van der Waals surface area contributed by atoms with Gasteiger partial charge in [-0.3, -0.25) is 0 Å². The van der Waals surface area contributed by atoms with Crippen LogP contribution in [0.4, 0.5) is 0 Å². The van der Waals surface area contributed by atoms with Crippen LogP contribution < -0.4 is 0 Å². The van der Waals surface area contributed by atoms with Crippen molar-refractivity contribution in [1.82, 2.24) is 9.97 Å². The second-order valence-corrected chi connectivity index (χ2v) is 5.97. The van der Waals surface area contributed by atoms with E-state index in [0.29, 0.717) is 11.1 Å². The molecule has 80 valence electrons. The SMILES string of the molecule is Cc1csc2c(SC(C)CCl)ncnc12. The first-order valence-corrected chi connectivity index (χ1v) is 6.93. The smallest absolute Gasteiger partial charge is 0.118 e. The number of fused-ring (bicyclic) bond motifs is 1. The molecule has 0 amide bonds. The van der Waals surface area contributed by atoms with Crippen molar-refractivity contribution in [1.29, 1.82) is 0 Å². The van der Waals surface area contributed by atoms with E-state index in [9.17, 15) is 0 Å². The summed E-state index contributed by atoms with van der Waals surface area (Å²) in [7, 11) is 0. The van der Waals surface area contributed by atoms with Crippen LogP contribution in [0.3, 0.4) is 0 Å². The van der Waals surface area contributed by atoms with Gasteiger partial charge in [-0.05, 0) is 17.9 Å². The van der Waals surface area contributed by atoms with Crippen molar-refractivity contribution >= 4 is 44.9 Å². The van der Waals surface area contributed by atoms with E-state index in [1.54, 1.807) is 29.4 Å². The molecular weight excluding hydrogens is 248 g/mol. The molecule has 0 bridgehead atoms. The lowest BCUT2D eigenvalue weighted by molar-refractivity contribution is 1.07. The predicted molar refractivity (Wildman–Crippen MR) is 68.2 cm³/mol. The molecule has 0 aliphatic rings. The summed E-state index contributed by atoms with van der Waals surface area (Å²) in [5, 5.41) is 3.55. The number of aryl methyl sites for hydroxylation is 1. The van der Waals surface area contributed by atoms with Crippen molar-refractivity contribution in [2.24, 2.45) is 0 Å². The van der Waals surface area contributed by atoms with E-state index in [0.717, 1.165) is 10.5 Å². The summed E-state index contributed by atoms with van der Waals surface area (Å²) in [6.45, 7) is 4.18. The Morgan fingerprint density at radius 1 is 1.53 bits per heavy atom. The summed E-state index contributed by atoms with van der Waals surface area (Å²) in [6, 6.07) is 0. The van der Waals surface area contributed by atoms with Gasteiger partial charge in [0.15, 0.2) is 0 Å². The highest BCUT2D eigenvalue weighted by atomic mass is 35.5. The third-order valence-electron chi connectivity index (χ3n) is 2.03. The Kier molecular flexibility index (Phi) is 3.49. The van der Waals surface area contributed by atoms with Gasteiger partial charge in [0.1, 0.15) is 11.4 Å². The van der Waals surface area contributed by atoms with Crippen molar-refractivity contribution < 1.29 is 0 Å². The fourth-order valence-corrected chi connectivity index (χ4v) is 3.37. The summed E-state index contributed by atoms with van der Waals surface area (Å²) < 4.78 is 1.18. The minimum atomic E-state index is 0.382. The second-order valence-electron chi connectivity index (χ2n) is 3.36. The van der Waals surface area contributed by atoms with E-state index in [4.69, 9.17) is 11.6 Å². The maximum Gasteiger partial charge on any atom is 0.118 e. The highest BCUT2D eigenvalue weighted by Crippen LogP contribution is 2.33. The summed E-state index contributed by atoms with van der Waals surface area (Å²) in [5.74, 6) is 0.639. The number of hydrogen-bond acceptors (Lipinski definition) is 4. The van der Waals surface area contributed by atoms with Crippen molar-refractivity contribution in [3.8, 4) is 0 Å². The minimum absolute atomic E-state index is 0.382. The van der Waals surface area contributed by atoms with E-state index in [2.05, 4.69) is 29.2 Å². The molecule has 1 unspecified atom stereocenters. The largest absolute Gasteiger partial charge is 0.235 e. The van der Waals surface area contributed by atoms with Gasteiger partial charge in [0.2, 0.25) is 0 Å². The molecule has 2 aromatic heterocycles. The lowest BCUT2D eigenvalue weighted by Crippen LogP contribution is -1.97. The Bertz CT molecular complexity index is 469. The lowest BCUT2D eigenvalue weighted by Gasteiger charge is -2.06. The topological polar surface area (TPSA) is 25.8 Å². The summed E-state index contributed by atoms with van der Waals surface area (Å²) in [6.07, 6.45) is 1.63. The van der Waals surface area contributed by atoms with Gasteiger partial charge in [0.25, 0.3) is 0 Å². The monoisotopic (exact) mass is 258 g/mol. The molecule has 0 fully saturated rings. The van der Waals surface area contributed by atoms with E-state index in [1.807, 2.05) is 0 Å². The van der Waals surface area contributed by atoms with Gasteiger partial charge in [-0.2, -0.15) is 0 Å². The maximum atomic E-state index is 5.80. The van der Waals surface area contributed by atoms with Crippen LogP contribution in [0.2, 0.25) is 0 Å². The fourth-order valence-electron chi connectivity index (χ4n) is 1.25. The zero-order valence-electron chi connectivity index (χ0n) is 8.53. The highest BCUT2D eigenvalue weighted by molar-refractivity contribution is 8.00. The highest BCUT2D eigenvalue weighted by Gasteiger charge is 2.11. The summed E-state index contributed by atoms with van der Waals surface area (Å²) in [4.78, 5) is 8.60. The molecule has 0 saturated carbocycles. The number of halogens is 1. The number of rotatable bonds is 3. The molecule has 2 nitrogen and oxygen atoms in total. The molecule has 2 heterocycles. The third kappa shape index (κ3) is 2.27. The number of hydrogen-bond donors (Lipinski definition) is 0. The molecule has 0 spiro atoms. The molecule has 0 N–H and O–H groups in total. The van der Waals surface area contributed by atoms with Crippen LogP contribution in [0.25, 0.3) is 10.2 Å². The van der Waals surface area contributed by atoms with Crippen LogP contribution in [0.15, 0.2) is 16.7 Å². The number of nitrogens with zero attached hydrogens (tertiary/aromatic N) is 2. The van der Waals surface area contributed by atoms with Crippen LogP contribution in [0.1, 0.15) is 12.5 Å². The van der Waals surface area contributed by atoms with Crippen molar-refractivity contribution in [3.63, 3.8) is 0 Å². The molecular formula is C10H11ClN2S2. The third-order valence-corrected chi connectivity index (χ3v) is 5.00. The molecule has 0 aliphatic heterocycles. The van der Waals surface area contributed by atoms with Crippen LogP contribution >= 0.6 is 34.7 Å². The van der Waals surface area contributed by atoms with Crippen LogP contribution in [-0.4, -0.2) is 21.1 Å². The summed E-state index contributed by atoms with van der Waals surface area (Å²) in [5.41, 5.74) is 2.29. The van der Waals surface area contributed by atoms with Crippen molar-refractivity contribution in [2.45, 2.75) is 24.1 Å². The van der Waals surface area contributed by atoms with Gasteiger partial charge in [-0.15, -0.1) is 34.7 Å². The Morgan fingerprint density at radius 3 is 3.07 bits per heavy atom. The Hall–Kier alpha value is -0.320. The zero-order valence-corrected chi connectivity index (χ0v) is 10.9. The van der Waals surface area contributed by atoms with Crippen molar-refractivity contribution in [2.75, 3.05) is 5.88 Å². The van der Waals surface area contributed by atoms with Gasteiger partial charge in [0, 0.05) is 11.1 Å². The number of aromatic nitrogens is 2. The van der Waals surface area contributed by atoms with Gasteiger partial charge in [-0.1, -0.05) is 6.92 Å². The molecule has 2 rings (SSSR count). The number of thiophene rings is 1. The Morgan fingerprint density at radius 2 is 2.33 bits per heavy atom.